The number of rotatable bonds is 3. The molecule has 15 heavy (non-hydrogen) atoms. The van der Waals surface area contributed by atoms with Gasteiger partial charge in [0.2, 0.25) is 5.91 Å². The summed E-state index contributed by atoms with van der Waals surface area (Å²) >= 11 is 4.16. The van der Waals surface area contributed by atoms with E-state index in [9.17, 15) is 4.79 Å². The first-order valence-corrected chi connectivity index (χ1v) is 5.57. The molecule has 3 nitrogen and oxygen atoms in total. The Bertz CT molecular complexity index is 392. The molecule has 0 aromatic heterocycles. The van der Waals surface area contributed by atoms with Crippen LogP contribution in [0.25, 0.3) is 0 Å². The molecule has 80 valence electrons. The van der Waals surface area contributed by atoms with Crippen LogP contribution < -0.4 is 10.2 Å². The summed E-state index contributed by atoms with van der Waals surface area (Å²) in [5.74, 6) is 0.596. The van der Waals surface area contributed by atoms with Crippen LogP contribution in [0, 0.1) is 0 Å². The predicted octanol–water partition coefficient (Wildman–Crippen LogP) is 1.18. The minimum absolute atomic E-state index is 0.140. The van der Waals surface area contributed by atoms with Gasteiger partial charge in [-0.1, -0.05) is 12.1 Å². The normalized spacial score (nSPS) is 14.5. The van der Waals surface area contributed by atoms with E-state index in [4.69, 9.17) is 0 Å². The largest absolute Gasteiger partial charge is 0.316 e. The van der Waals surface area contributed by atoms with E-state index in [1.165, 1.54) is 5.56 Å². The van der Waals surface area contributed by atoms with Gasteiger partial charge in [-0.3, -0.25) is 4.79 Å². The van der Waals surface area contributed by atoms with Gasteiger partial charge in [-0.05, 0) is 24.2 Å². The van der Waals surface area contributed by atoms with Crippen LogP contribution in [0.4, 0.5) is 5.69 Å². The SMILES string of the molecule is CNCc1ccc2c(c1)CC(=O)N2CS. The summed E-state index contributed by atoms with van der Waals surface area (Å²) < 4.78 is 0. The van der Waals surface area contributed by atoms with Gasteiger partial charge in [0.05, 0.1) is 12.3 Å². The van der Waals surface area contributed by atoms with Crippen LogP contribution >= 0.6 is 12.6 Å². The summed E-state index contributed by atoms with van der Waals surface area (Å²) in [5.41, 5.74) is 3.33. The average Bonchev–Trinajstić information content (AvgIpc) is 2.53. The fourth-order valence-electron chi connectivity index (χ4n) is 1.91. The van der Waals surface area contributed by atoms with Gasteiger partial charge >= 0.3 is 0 Å². The number of carbonyl (C=O) groups excluding carboxylic acids is 1. The van der Waals surface area contributed by atoms with Gasteiger partial charge in [-0.25, -0.2) is 0 Å². The van der Waals surface area contributed by atoms with Crippen molar-refractivity contribution >= 4 is 24.2 Å². The third kappa shape index (κ3) is 1.87. The van der Waals surface area contributed by atoms with Crippen LogP contribution in [0.3, 0.4) is 0 Å². The number of hydrogen-bond donors (Lipinski definition) is 2. The molecule has 0 saturated carbocycles. The average molecular weight is 222 g/mol. The maximum atomic E-state index is 11.6. The Morgan fingerprint density at radius 2 is 2.33 bits per heavy atom. The van der Waals surface area contributed by atoms with Crippen molar-refractivity contribution < 1.29 is 4.79 Å². The molecule has 0 saturated heterocycles. The van der Waals surface area contributed by atoms with E-state index >= 15 is 0 Å². The molecule has 1 aliphatic rings. The quantitative estimate of drug-likeness (QED) is 0.753. The van der Waals surface area contributed by atoms with Crippen LogP contribution in [0.2, 0.25) is 0 Å². The Hall–Kier alpha value is -1.00. The van der Waals surface area contributed by atoms with E-state index in [0.717, 1.165) is 17.8 Å². The second-order valence-corrected chi connectivity index (χ2v) is 3.92. The van der Waals surface area contributed by atoms with E-state index in [1.54, 1.807) is 4.90 Å². The van der Waals surface area contributed by atoms with Crippen molar-refractivity contribution in [2.75, 3.05) is 17.8 Å². The Morgan fingerprint density at radius 3 is 3.00 bits per heavy atom. The summed E-state index contributed by atoms with van der Waals surface area (Å²) in [7, 11) is 1.92. The summed E-state index contributed by atoms with van der Waals surface area (Å²) in [6, 6.07) is 6.14. The molecule has 0 aliphatic carbocycles. The first-order valence-electron chi connectivity index (χ1n) is 4.94. The molecular weight excluding hydrogens is 208 g/mol. The minimum atomic E-state index is 0.140. The third-order valence-electron chi connectivity index (χ3n) is 2.60. The summed E-state index contributed by atoms with van der Waals surface area (Å²) in [5, 5.41) is 3.10. The van der Waals surface area contributed by atoms with E-state index < -0.39 is 0 Å². The molecule has 0 atom stereocenters. The molecule has 1 N–H and O–H groups in total. The molecule has 1 aromatic rings. The zero-order valence-electron chi connectivity index (χ0n) is 8.66. The fourth-order valence-corrected chi connectivity index (χ4v) is 2.22. The van der Waals surface area contributed by atoms with E-state index in [2.05, 4.69) is 24.0 Å². The second-order valence-electron chi connectivity index (χ2n) is 3.63. The van der Waals surface area contributed by atoms with Crippen LogP contribution in [-0.2, 0) is 17.8 Å². The molecule has 0 spiro atoms. The van der Waals surface area contributed by atoms with E-state index in [0.29, 0.717) is 12.3 Å². The number of fused-ring (bicyclic) bond motifs is 1. The highest BCUT2D eigenvalue weighted by atomic mass is 32.1. The molecule has 1 heterocycles. The Labute approximate surface area is 94.9 Å². The Balaban J connectivity index is 2.33. The molecule has 1 aromatic carbocycles. The number of carbonyl (C=O) groups is 1. The molecule has 0 unspecified atom stereocenters. The van der Waals surface area contributed by atoms with Gasteiger partial charge < -0.3 is 10.2 Å². The molecule has 0 bridgehead atoms. The lowest BCUT2D eigenvalue weighted by atomic mass is 10.1. The molecule has 4 heteroatoms. The minimum Gasteiger partial charge on any atom is -0.316 e. The Morgan fingerprint density at radius 1 is 1.53 bits per heavy atom. The highest BCUT2D eigenvalue weighted by Gasteiger charge is 2.25. The molecular formula is C11H14N2OS. The number of thiol groups is 1. The number of anilines is 1. The van der Waals surface area contributed by atoms with Gasteiger partial charge in [-0.15, -0.1) is 0 Å². The van der Waals surface area contributed by atoms with Gasteiger partial charge in [0, 0.05) is 12.2 Å². The molecule has 0 radical (unpaired) electrons. The first-order chi connectivity index (χ1) is 7.26. The van der Waals surface area contributed by atoms with Crippen LogP contribution in [-0.4, -0.2) is 18.8 Å². The predicted molar refractivity (Wildman–Crippen MR) is 64.2 cm³/mol. The fraction of sp³-hybridized carbons (Fsp3) is 0.364. The van der Waals surface area contributed by atoms with Gasteiger partial charge in [-0.2, -0.15) is 12.6 Å². The van der Waals surface area contributed by atoms with Crippen molar-refractivity contribution in [1.29, 1.82) is 0 Å². The van der Waals surface area contributed by atoms with Crippen LogP contribution in [0.5, 0.6) is 0 Å². The number of nitrogens with zero attached hydrogens (tertiary/aromatic N) is 1. The van der Waals surface area contributed by atoms with E-state index in [1.807, 2.05) is 19.2 Å². The molecule has 1 amide bonds. The standard InChI is InChI=1S/C11H14N2OS/c1-12-6-8-2-3-10-9(4-8)5-11(14)13(10)7-15/h2-4,12,15H,5-7H2,1H3. The molecule has 2 rings (SSSR count). The number of amides is 1. The van der Waals surface area contributed by atoms with Crippen molar-refractivity contribution in [1.82, 2.24) is 5.32 Å². The third-order valence-corrected chi connectivity index (χ3v) is 2.88. The van der Waals surface area contributed by atoms with Crippen molar-refractivity contribution in [3.63, 3.8) is 0 Å². The number of hydrogen-bond acceptors (Lipinski definition) is 3. The van der Waals surface area contributed by atoms with Crippen molar-refractivity contribution in [2.45, 2.75) is 13.0 Å². The highest BCUT2D eigenvalue weighted by molar-refractivity contribution is 7.80. The van der Waals surface area contributed by atoms with Gasteiger partial charge in [0.1, 0.15) is 0 Å². The van der Waals surface area contributed by atoms with Crippen molar-refractivity contribution in [3.05, 3.63) is 29.3 Å². The maximum Gasteiger partial charge on any atom is 0.232 e. The number of benzene rings is 1. The topological polar surface area (TPSA) is 32.3 Å². The Kier molecular flexibility index (Phi) is 2.98. The lowest BCUT2D eigenvalue weighted by Gasteiger charge is -2.14. The summed E-state index contributed by atoms with van der Waals surface area (Å²) in [4.78, 5) is 13.3. The lowest BCUT2D eigenvalue weighted by Crippen LogP contribution is -2.24. The molecule has 0 fully saturated rings. The lowest BCUT2D eigenvalue weighted by molar-refractivity contribution is -0.117. The molecule has 1 aliphatic heterocycles. The maximum absolute atomic E-state index is 11.6. The zero-order valence-corrected chi connectivity index (χ0v) is 9.55. The van der Waals surface area contributed by atoms with E-state index in [-0.39, 0.29) is 5.91 Å². The summed E-state index contributed by atoms with van der Waals surface area (Å²) in [6.45, 7) is 0.836. The monoisotopic (exact) mass is 222 g/mol. The van der Waals surface area contributed by atoms with Crippen molar-refractivity contribution in [3.8, 4) is 0 Å². The second kappa shape index (κ2) is 4.24. The van der Waals surface area contributed by atoms with Gasteiger partial charge in [0.25, 0.3) is 0 Å². The summed E-state index contributed by atoms with van der Waals surface area (Å²) in [6.07, 6.45) is 0.507. The first kappa shape index (κ1) is 10.5. The zero-order chi connectivity index (χ0) is 10.8. The highest BCUT2D eigenvalue weighted by Crippen LogP contribution is 2.29. The van der Waals surface area contributed by atoms with Crippen LogP contribution in [0.1, 0.15) is 11.1 Å². The van der Waals surface area contributed by atoms with Crippen molar-refractivity contribution in [2.24, 2.45) is 0 Å². The van der Waals surface area contributed by atoms with Gasteiger partial charge in [0.15, 0.2) is 0 Å². The van der Waals surface area contributed by atoms with Crippen LogP contribution in [0.15, 0.2) is 18.2 Å². The number of nitrogens with one attached hydrogen (secondary N) is 1. The smallest absolute Gasteiger partial charge is 0.232 e.